The van der Waals surface area contributed by atoms with Crippen LogP contribution in [0.2, 0.25) is 0 Å². The first-order valence-electron chi connectivity index (χ1n) is 9.24. The summed E-state index contributed by atoms with van der Waals surface area (Å²) < 4.78 is 10.3. The second-order valence-corrected chi connectivity index (χ2v) is 6.00. The van der Waals surface area contributed by atoms with Crippen molar-refractivity contribution in [2.45, 2.75) is 58.8 Å². The maximum atomic E-state index is 12.0. The number of carbonyl (C=O) groups is 2. The fraction of sp³-hybridized carbons (Fsp3) is 0.524. The highest BCUT2D eigenvalue weighted by Crippen LogP contribution is 2.10. The molecule has 0 fully saturated rings. The first kappa shape index (κ1) is 20.9. The van der Waals surface area contributed by atoms with Crippen molar-refractivity contribution in [1.82, 2.24) is 0 Å². The fourth-order valence-corrected chi connectivity index (χ4v) is 2.35. The SMILES string of the molecule is C/C=C/COC(=O)c1ccc(C(=O)OCCCCCCCCC)cc1. The molecule has 4 heteroatoms. The van der Waals surface area contributed by atoms with E-state index in [1.54, 1.807) is 30.3 Å². The van der Waals surface area contributed by atoms with Crippen molar-refractivity contribution in [1.29, 1.82) is 0 Å². The normalized spacial score (nSPS) is 10.8. The Hall–Kier alpha value is -2.10. The van der Waals surface area contributed by atoms with Gasteiger partial charge in [0.1, 0.15) is 6.61 Å². The predicted octanol–water partition coefficient (Wildman–Crippen LogP) is 5.33. The summed E-state index contributed by atoms with van der Waals surface area (Å²) in [6, 6.07) is 6.36. The minimum Gasteiger partial charge on any atom is -0.462 e. The molecular weight excluding hydrogens is 316 g/mol. The Labute approximate surface area is 151 Å². The second kappa shape index (κ2) is 13.2. The summed E-state index contributed by atoms with van der Waals surface area (Å²) in [5, 5.41) is 0. The average Bonchev–Trinajstić information content (AvgIpc) is 2.64. The molecule has 0 atom stereocenters. The molecule has 0 saturated heterocycles. The van der Waals surface area contributed by atoms with E-state index in [1.165, 1.54) is 32.1 Å². The Morgan fingerprint density at radius 3 is 1.92 bits per heavy atom. The lowest BCUT2D eigenvalue weighted by Gasteiger charge is -2.06. The van der Waals surface area contributed by atoms with Gasteiger partial charge in [0.15, 0.2) is 0 Å². The Kier molecular flexibility index (Phi) is 11.1. The molecule has 0 bridgehead atoms. The van der Waals surface area contributed by atoms with Crippen LogP contribution in [-0.2, 0) is 9.47 Å². The van der Waals surface area contributed by atoms with Crippen LogP contribution in [0.25, 0.3) is 0 Å². The molecule has 0 saturated carbocycles. The first-order chi connectivity index (χ1) is 12.2. The van der Waals surface area contributed by atoms with Gasteiger partial charge in [0.25, 0.3) is 0 Å². The molecule has 0 N–H and O–H groups in total. The lowest BCUT2D eigenvalue weighted by atomic mass is 10.1. The number of hydrogen-bond acceptors (Lipinski definition) is 4. The molecule has 0 amide bonds. The van der Waals surface area contributed by atoms with Gasteiger partial charge in [0, 0.05) is 0 Å². The minimum atomic E-state index is -0.402. The molecule has 4 nitrogen and oxygen atoms in total. The van der Waals surface area contributed by atoms with Crippen molar-refractivity contribution in [3.8, 4) is 0 Å². The van der Waals surface area contributed by atoms with Crippen LogP contribution in [0.15, 0.2) is 36.4 Å². The largest absolute Gasteiger partial charge is 0.462 e. The molecule has 0 radical (unpaired) electrons. The van der Waals surface area contributed by atoms with Crippen LogP contribution in [0.5, 0.6) is 0 Å². The summed E-state index contributed by atoms with van der Waals surface area (Å²) >= 11 is 0. The van der Waals surface area contributed by atoms with Gasteiger partial charge in [0.2, 0.25) is 0 Å². The van der Waals surface area contributed by atoms with Crippen LogP contribution >= 0.6 is 0 Å². The molecule has 0 aliphatic carbocycles. The van der Waals surface area contributed by atoms with E-state index >= 15 is 0 Å². The Morgan fingerprint density at radius 2 is 1.36 bits per heavy atom. The molecule has 25 heavy (non-hydrogen) atoms. The Bertz CT molecular complexity index is 531. The lowest BCUT2D eigenvalue weighted by Crippen LogP contribution is -2.08. The summed E-state index contributed by atoms with van der Waals surface area (Å²) in [4.78, 5) is 23.7. The van der Waals surface area contributed by atoms with E-state index in [1.807, 2.05) is 13.0 Å². The zero-order chi connectivity index (χ0) is 18.3. The third kappa shape index (κ3) is 9.08. The van der Waals surface area contributed by atoms with E-state index in [0.29, 0.717) is 17.7 Å². The van der Waals surface area contributed by atoms with Gasteiger partial charge in [-0.25, -0.2) is 9.59 Å². The molecule has 1 aromatic carbocycles. The molecule has 1 rings (SSSR count). The third-order valence-corrected chi connectivity index (χ3v) is 3.88. The Morgan fingerprint density at radius 1 is 0.840 bits per heavy atom. The molecule has 0 unspecified atom stereocenters. The number of esters is 2. The van der Waals surface area contributed by atoms with Crippen molar-refractivity contribution < 1.29 is 19.1 Å². The van der Waals surface area contributed by atoms with Gasteiger partial charge in [-0.1, -0.05) is 57.6 Å². The zero-order valence-corrected chi connectivity index (χ0v) is 15.5. The predicted molar refractivity (Wildman–Crippen MR) is 99.8 cm³/mol. The van der Waals surface area contributed by atoms with Crippen LogP contribution in [-0.4, -0.2) is 25.2 Å². The number of benzene rings is 1. The number of rotatable bonds is 12. The van der Waals surface area contributed by atoms with Crippen LogP contribution in [0, 0.1) is 0 Å². The van der Waals surface area contributed by atoms with Gasteiger partial charge in [-0.15, -0.1) is 0 Å². The Balaban J connectivity index is 2.26. The van der Waals surface area contributed by atoms with Gasteiger partial charge in [-0.05, 0) is 37.6 Å². The van der Waals surface area contributed by atoms with Crippen molar-refractivity contribution in [3.63, 3.8) is 0 Å². The molecule has 0 aliphatic rings. The summed E-state index contributed by atoms with van der Waals surface area (Å²) in [6.07, 6.45) is 11.9. The van der Waals surface area contributed by atoms with E-state index in [-0.39, 0.29) is 12.6 Å². The molecule has 0 aliphatic heterocycles. The average molecular weight is 346 g/mol. The van der Waals surface area contributed by atoms with Gasteiger partial charge < -0.3 is 9.47 Å². The standard InChI is InChI=1S/C21H30O4/c1-3-5-7-8-9-10-11-17-25-21(23)19-14-12-18(13-15-19)20(22)24-16-6-4-2/h4,6,12-15H,3,5,7-11,16-17H2,1-2H3/b6-4+. The van der Waals surface area contributed by atoms with E-state index in [9.17, 15) is 9.59 Å². The highest BCUT2D eigenvalue weighted by atomic mass is 16.5. The van der Waals surface area contributed by atoms with Crippen molar-refractivity contribution >= 4 is 11.9 Å². The highest BCUT2D eigenvalue weighted by Gasteiger charge is 2.10. The van der Waals surface area contributed by atoms with Crippen molar-refractivity contribution in [2.75, 3.05) is 13.2 Å². The number of unbranched alkanes of at least 4 members (excludes halogenated alkanes) is 6. The third-order valence-electron chi connectivity index (χ3n) is 3.88. The lowest BCUT2D eigenvalue weighted by molar-refractivity contribution is 0.0494. The van der Waals surface area contributed by atoms with Gasteiger partial charge >= 0.3 is 11.9 Å². The van der Waals surface area contributed by atoms with Gasteiger partial charge in [-0.3, -0.25) is 0 Å². The van der Waals surface area contributed by atoms with Crippen LogP contribution < -0.4 is 0 Å². The van der Waals surface area contributed by atoms with E-state index in [4.69, 9.17) is 9.47 Å². The number of allylic oxidation sites excluding steroid dienone is 1. The van der Waals surface area contributed by atoms with Crippen molar-refractivity contribution in [3.05, 3.63) is 47.5 Å². The topological polar surface area (TPSA) is 52.6 Å². The van der Waals surface area contributed by atoms with Crippen LogP contribution in [0.1, 0.15) is 79.5 Å². The molecule has 0 spiro atoms. The summed E-state index contributed by atoms with van der Waals surface area (Å²) in [7, 11) is 0. The smallest absolute Gasteiger partial charge is 0.338 e. The monoisotopic (exact) mass is 346 g/mol. The minimum absolute atomic E-state index is 0.248. The molecule has 0 heterocycles. The molecule has 138 valence electrons. The van der Waals surface area contributed by atoms with Gasteiger partial charge in [-0.2, -0.15) is 0 Å². The number of hydrogen-bond donors (Lipinski definition) is 0. The summed E-state index contributed by atoms with van der Waals surface area (Å²) in [6.45, 7) is 4.76. The van der Waals surface area contributed by atoms with E-state index in [2.05, 4.69) is 6.92 Å². The molecular formula is C21H30O4. The van der Waals surface area contributed by atoms with Crippen LogP contribution in [0.3, 0.4) is 0 Å². The molecule has 1 aromatic rings. The second-order valence-electron chi connectivity index (χ2n) is 6.00. The first-order valence-corrected chi connectivity index (χ1v) is 9.24. The zero-order valence-electron chi connectivity index (χ0n) is 15.5. The number of carbonyl (C=O) groups excluding carboxylic acids is 2. The maximum absolute atomic E-state index is 12.0. The fourth-order valence-electron chi connectivity index (χ4n) is 2.35. The van der Waals surface area contributed by atoms with Gasteiger partial charge in [0.05, 0.1) is 17.7 Å². The number of ether oxygens (including phenoxy) is 2. The van der Waals surface area contributed by atoms with Crippen molar-refractivity contribution in [2.24, 2.45) is 0 Å². The summed E-state index contributed by atoms with van der Waals surface area (Å²) in [5.41, 5.74) is 0.876. The quantitative estimate of drug-likeness (QED) is 0.292. The van der Waals surface area contributed by atoms with Crippen LogP contribution in [0.4, 0.5) is 0 Å². The highest BCUT2D eigenvalue weighted by molar-refractivity contribution is 5.93. The maximum Gasteiger partial charge on any atom is 0.338 e. The summed E-state index contributed by atoms with van der Waals surface area (Å²) in [5.74, 6) is -0.749. The van der Waals surface area contributed by atoms with E-state index < -0.39 is 5.97 Å². The molecule has 0 aromatic heterocycles. The van der Waals surface area contributed by atoms with E-state index in [0.717, 1.165) is 12.8 Å².